The number of benzene rings is 3. The fourth-order valence-corrected chi connectivity index (χ4v) is 5.18. The first-order valence-electron chi connectivity index (χ1n) is 12.7. The molecular formula is C32H38O5. The average molecular weight is 503 g/mol. The van der Waals surface area contributed by atoms with Gasteiger partial charge in [-0.3, -0.25) is 4.79 Å². The van der Waals surface area contributed by atoms with E-state index in [0.717, 1.165) is 28.2 Å². The second-order valence-corrected chi connectivity index (χ2v) is 11.3. The predicted octanol–water partition coefficient (Wildman–Crippen LogP) is 6.63. The molecule has 4 rings (SSSR count). The fraction of sp³-hybridized carbons (Fsp3) is 0.406. The van der Waals surface area contributed by atoms with Crippen molar-refractivity contribution in [1.29, 1.82) is 0 Å². The van der Waals surface area contributed by atoms with E-state index in [2.05, 4.69) is 26.0 Å². The number of esters is 1. The van der Waals surface area contributed by atoms with Crippen molar-refractivity contribution in [1.82, 2.24) is 0 Å². The highest BCUT2D eigenvalue weighted by Crippen LogP contribution is 2.60. The van der Waals surface area contributed by atoms with E-state index in [1.807, 2.05) is 87.5 Å². The van der Waals surface area contributed by atoms with Crippen LogP contribution < -0.4 is 9.47 Å². The molecule has 1 saturated carbocycles. The van der Waals surface area contributed by atoms with E-state index < -0.39 is 11.2 Å². The van der Waals surface area contributed by atoms with E-state index in [-0.39, 0.29) is 23.2 Å². The quantitative estimate of drug-likeness (QED) is 0.243. The van der Waals surface area contributed by atoms with Crippen LogP contribution in [0.5, 0.6) is 11.5 Å². The van der Waals surface area contributed by atoms with Crippen molar-refractivity contribution >= 4 is 5.97 Å². The Morgan fingerprint density at radius 3 is 1.65 bits per heavy atom. The lowest BCUT2D eigenvalue weighted by Gasteiger charge is -2.36. The Balaban J connectivity index is 1.77. The third-order valence-electron chi connectivity index (χ3n) is 7.36. The van der Waals surface area contributed by atoms with Crippen molar-refractivity contribution in [3.63, 3.8) is 0 Å². The molecular weight excluding hydrogens is 464 g/mol. The van der Waals surface area contributed by atoms with E-state index in [0.29, 0.717) is 6.61 Å². The van der Waals surface area contributed by atoms with Crippen molar-refractivity contribution in [2.45, 2.75) is 45.8 Å². The highest BCUT2D eigenvalue weighted by Gasteiger charge is 2.63. The summed E-state index contributed by atoms with van der Waals surface area (Å²) in [5, 5.41) is 0. The summed E-state index contributed by atoms with van der Waals surface area (Å²) in [6.45, 7) is 10.3. The van der Waals surface area contributed by atoms with Gasteiger partial charge in [-0.2, -0.15) is 0 Å². The van der Waals surface area contributed by atoms with Crippen LogP contribution in [0, 0.1) is 17.3 Å². The van der Waals surface area contributed by atoms with Crippen molar-refractivity contribution in [2.24, 2.45) is 17.3 Å². The average Bonchev–Trinajstić information content (AvgIpc) is 3.45. The van der Waals surface area contributed by atoms with Crippen LogP contribution in [0.4, 0.5) is 0 Å². The summed E-state index contributed by atoms with van der Waals surface area (Å²) in [5.41, 5.74) is 1.29. The van der Waals surface area contributed by atoms with E-state index in [1.165, 1.54) is 0 Å². The standard InChI is InChI=1S/C32H38O5/c1-30(2,3)37-29(33)28-27(31(28,4)5)21-36-32(22-11-9-8-10-12-22,23-13-17-25(34-6)18-14-23)24-15-19-26(35-7)20-16-24/h8-20,27-28H,21H2,1-7H3. The normalized spacial score (nSPS) is 18.7. The Bertz CT molecular complexity index is 1140. The van der Waals surface area contributed by atoms with E-state index in [4.69, 9.17) is 18.9 Å². The topological polar surface area (TPSA) is 54.0 Å². The molecule has 0 bridgehead atoms. The molecule has 5 nitrogen and oxygen atoms in total. The van der Waals surface area contributed by atoms with Crippen LogP contribution in [0.15, 0.2) is 78.9 Å². The summed E-state index contributed by atoms with van der Waals surface area (Å²) >= 11 is 0. The number of ether oxygens (including phenoxy) is 4. The third-order valence-corrected chi connectivity index (χ3v) is 7.36. The van der Waals surface area contributed by atoms with Gasteiger partial charge in [-0.25, -0.2) is 0 Å². The van der Waals surface area contributed by atoms with Gasteiger partial charge in [-0.1, -0.05) is 68.4 Å². The molecule has 0 radical (unpaired) electrons. The molecule has 1 fully saturated rings. The molecule has 3 aromatic carbocycles. The molecule has 0 N–H and O–H groups in total. The molecule has 0 aromatic heterocycles. The van der Waals surface area contributed by atoms with Crippen LogP contribution in [-0.4, -0.2) is 32.4 Å². The van der Waals surface area contributed by atoms with Crippen LogP contribution in [0.3, 0.4) is 0 Å². The molecule has 0 aliphatic heterocycles. The molecule has 3 aromatic rings. The summed E-state index contributed by atoms with van der Waals surface area (Å²) in [5.74, 6) is 1.20. The smallest absolute Gasteiger partial charge is 0.310 e. The molecule has 0 saturated heterocycles. The van der Waals surface area contributed by atoms with Crippen molar-refractivity contribution in [2.75, 3.05) is 20.8 Å². The summed E-state index contributed by atoms with van der Waals surface area (Å²) in [4.78, 5) is 13.0. The molecule has 0 heterocycles. The second-order valence-electron chi connectivity index (χ2n) is 11.3. The molecule has 196 valence electrons. The van der Waals surface area contributed by atoms with E-state index >= 15 is 0 Å². The zero-order valence-corrected chi connectivity index (χ0v) is 22.9. The minimum absolute atomic E-state index is 0.0296. The predicted molar refractivity (Wildman–Crippen MR) is 145 cm³/mol. The molecule has 5 heteroatoms. The van der Waals surface area contributed by atoms with Gasteiger partial charge < -0.3 is 18.9 Å². The Morgan fingerprint density at radius 1 is 0.757 bits per heavy atom. The van der Waals surface area contributed by atoms with Crippen LogP contribution in [0.1, 0.15) is 51.3 Å². The summed E-state index contributed by atoms with van der Waals surface area (Å²) in [7, 11) is 3.32. The van der Waals surface area contributed by atoms with E-state index in [1.54, 1.807) is 14.2 Å². The lowest BCUT2D eigenvalue weighted by atomic mass is 9.80. The second kappa shape index (κ2) is 10.2. The van der Waals surface area contributed by atoms with Crippen molar-refractivity contribution < 1.29 is 23.7 Å². The fourth-order valence-electron chi connectivity index (χ4n) is 5.18. The number of rotatable bonds is 9. The Labute approximate surface area is 220 Å². The molecule has 2 unspecified atom stereocenters. The van der Waals surface area contributed by atoms with Crippen LogP contribution in [0.2, 0.25) is 0 Å². The maximum absolute atomic E-state index is 13.0. The van der Waals surface area contributed by atoms with Crippen LogP contribution in [-0.2, 0) is 19.9 Å². The van der Waals surface area contributed by atoms with Gasteiger partial charge in [0.1, 0.15) is 22.7 Å². The Morgan fingerprint density at radius 2 is 1.22 bits per heavy atom. The van der Waals surface area contributed by atoms with Gasteiger partial charge in [-0.15, -0.1) is 0 Å². The molecule has 2 atom stereocenters. The Kier molecular flexibility index (Phi) is 7.38. The maximum Gasteiger partial charge on any atom is 0.310 e. The molecule has 0 amide bonds. The first-order chi connectivity index (χ1) is 17.5. The first kappa shape index (κ1) is 26.7. The zero-order valence-electron chi connectivity index (χ0n) is 22.9. The number of carbonyl (C=O) groups is 1. The Hall–Kier alpha value is -3.31. The lowest BCUT2D eigenvalue weighted by Crippen LogP contribution is -2.34. The summed E-state index contributed by atoms with van der Waals surface area (Å²) in [6.07, 6.45) is 0. The van der Waals surface area contributed by atoms with E-state index in [9.17, 15) is 4.79 Å². The summed E-state index contributed by atoms with van der Waals surface area (Å²) in [6, 6.07) is 26.2. The van der Waals surface area contributed by atoms with Crippen molar-refractivity contribution in [3.05, 3.63) is 95.6 Å². The van der Waals surface area contributed by atoms with Gasteiger partial charge >= 0.3 is 5.97 Å². The number of methoxy groups -OCH3 is 2. The number of hydrogen-bond acceptors (Lipinski definition) is 5. The van der Waals surface area contributed by atoms with Gasteiger partial charge in [0.25, 0.3) is 0 Å². The zero-order chi connectivity index (χ0) is 26.8. The third kappa shape index (κ3) is 5.37. The molecule has 1 aliphatic rings. The highest BCUT2D eigenvalue weighted by atomic mass is 16.6. The van der Waals surface area contributed by atoms with Crippen molar-refractivity contribution in [3.8, 4) is 11.5 Å². The number of hydrogen-bond donors (Lipinski definition) is 0. The SMILES string of the molecule is COc1ccc(C(OCC2C(C(=O)OC(C)(C)C)C2(C)C)(c2ccccc2)c2ccc(OC)cc2)cc1. The van der Waals surface area contributed by atoms with Gasteiger partial charge in [0, 0.05) is 5.92 Å². The van der Waals surface area contributed by atoms with Gasteiger partial charge in [0.05, 0.1) is 26.7 Å². The maximum atomic E-state index is 13.0. The minimum atomic E-state index is -0.906. The highest BCUT2D eigenvalue weighted by molar-refractivity contribution is 5.78. The van der Waals surface area contributed by atoms with Crippen LogP contribution >= 0.6 is 0 Å². The van der Waals surface area contributed by atoms with Crippen LogP contribution in [0.25, 0.3) is 0 Å². The number of carbonyl (C=O) groups excluding carboxylic acids is 1. The molecule has 37 heavy (non-hydrogen) atoms. The van der Waals surface area contributed by atoms with Gasteiger partial charge in [-0.05, 0) is 67.1 Å². The molecule has 1 aliphatic carbocycles. The van der Waals surface area contributed by atoms with Gasteiger partial charge in [0.2, 0.25) is 0 Å². The first-order valence-corrected chi connectivity index (χ1v) is 12.7. The monoisotopic (exact) mass is 502 g/mol. The molecule has 0 spiro atoms. The summed E-state index contributed by atoms with van der Waals surface area (Å²) < 4.78 is 23.6. The minimum Gasteiger partial charge on any atom is -0.497 e. The van der Waals surface area contributed by atoms with Gasteiger partial charge in [0.15, 0.2) is 0 Å². The largest absolute Gasteiger partial charge is 0.497 e. The lowest BCUT2D eigenvalue weighted by molar-refractivity contribution is -0.157.